The van der Waals surface area contributed by atoms with Gasteiger partial charge in [-0.25, -0.2) is 0 Å². The largest absolute Gasteiger partial charge is 0.466 e. The highest BCUT2D eigenvalue weighted by atomic mass is 28.4. The lowest BCUT2D eigenvalue weighted by Gasteiger charge is -2.42. The van der Waals surface area contributed by atoms with E-state index < -0.39 is 13.9 Å². The molecule has 5 heteroatoms. The van der Waals surface area contributed by atoms with Crippen LogP contribution in [0.25, 0.3) is 0 Å². The predicted molar refractivity (Wildman–Crippen MR) is 119 cm³/mol. The molecule has 1 fully saturated rings. The van der Waals surface area contributed by atoms with Crippen molar-refractivity contribution in [1.29, 1.82) is 0 Å². The normalized spacial score (nSPS) is 25.7. The molecule has 1 rings (SSSR count). The third-order valence-electron chi connectivity index (χ3n) is 6.28. The van der Waals surface area contributed by atoms with Crippen LogP contribution in [0.3, 0.4) is 0 Å². The van der Waals surface area contributed by atoms with E-state index in [0.717, 1.165) is 12.8 Å². The third-order valence-corrected chi connectivity index (χ3v) is 10.7. The van der Waals surface area contributed by atoms with Crippen LogP contribution in [0.15, 0.2) is 12.2 Å². The van der Waals surface area contributed by atoms with Gasteiger partial charge in [-0.1, -0.05) is 53.7 Å². The summed E-state index contributed by atoms with van der Waals surface area (Å²) < 4.78 is 11.8. The van der Waals surface area contributed by atoms with Gasteiger partial charge in [0.15, 0.2) is 8.32 Å². The number of ether oxygens (including phenoxy) is 1. The van der Waals surface area contributed by atoms with Gasteiger partial charge in [-0.05, 0) is 62.1 Å². The van der Waals surface area contributed by atoms with Gasteiger partial charge in [0.2, 0.25) is 0 Å². The molecule has 0 saturated heterocycles. The highest BCUT2D eigenvalue weighted by Crippen LogP contribution is 2.41. The van der Waals surface area contributed by atoms with E-state index in [-0.39, 0.29) is 34.9 Å². The van der Waals surface area contributed by atoms with Gasteiger partial charge in [-0.3, -0.25) is 4.79 Å². The van der Waals surface area contributed by atoms with Gasteiger partial charge >= 0.3 is 5.97 Å². The number of rotatable bonds is 7. The van der Waals surface area contributed by atoms with Gasteiger partial charge in [0.05, 0.1) is 24.7 Å². The molecular weight excluding hydrogens is 368 g/mol. The summed E-state index contributed by atoms with van der Waals surface area (Å²) in [5.74, 6) is -0.0375. The lowest BCUT2D eigenvalue weighted by molar-refractivity contribution is -0.150. The van der Waals surface area contributed by atoms with Gasteiger partial charge in [0.1, 0.15) is 0 Å². The highest BCUT2D eigenvalue weighted by Gasteiger charge is 2.41. The van der Waals surface area contributed by atoms with Crippen LogP contribution in [0, 0.1) is 11.3 Å². The topological polar surface area (TPSA) is 55.8 Å². The molecule has 0 bridgehead atoms. The van der Waals surface area contributed by atoms with Crippen molar-refractivity contribution in [2.24, 2.45) is 11.3 Å². The fraction of sp³-hybridized carbons (Fsp3) is 0.870. The molecule has 0 aliphatic heterocycles. The molecule has 0 heterocycles. The first-order chi connectivity index (χ1) is 12.6. The lowest BCUT2D eigenvalue weighted by atomic mass is 9.76. The van der Waals surface area contributed by atoms with Gasteiger partial charge in [-0.15, -0.1) is 0 Å². The van der Waals surface area contributed by atoms with Crippen molar-refractivity contribution in [2.45, 2.75) is 110 Å². The molecule has 1 saturated carbocycles. The van der Waals surface area contributed by atoms with E-state index in [1.807, 2.05) is 0 Å². The first-order valence-corrected chi connectivity index (χ1v) is 13.7. The molecule has 1 N–H and O–H groups in total. The van der Waals surface area contributed by atoms with Gasteiger partial charge in [0.25, 0.3) is 0 Å². The Labute approximate surface area is 174 Å². The zero-order chi connectivity index (χ0) is 21.8. The highest BCUT2D eigenvalue weighted by molar-refractivity contribution is 6.74. The van der Waals surface area contributed by atoms with Gasteiger partial charge in [-0.2, -0.15) is 0 Å². The molecule has 164 valence electrons. The fourth-order valence-electron chi connectivity index (χ4n) is 3.45. The summed E-state index contributed by atoms with van der Waals surface area (Å²) in [4.78, 5) is 11.9. The number of carbonyl (C=O) groups excluding carboxylic acids is 1. The van der Waals surface area contributed by atoms with Crippen LogP contribution >= 0.6 is 0 Å². The number of hydrogen-bond donors (Lipinski definition) is 1. The van der Waals surface area contributed by atoms with Crippen LogP contribution in [0.2, 0.25) is 18.1 Å². The van der Waals surface area contributed by atoms with Crippen LogP contribution < -0.4 is 0 Å². The first kappa shape index (κ1) is 25.4. The average molecular weight is 413 g/mol. The molecule has 0 aromatic heterocycles. The van der Waals surface area contributed by atoms with E-state index in [2.05, 4.69) is 66.8 Å². The second-order valence-corrected chi connectivity index (χ2v) is 15.9. The van der Waals surface area contributed by atoms with Gasteiger partial charge < -0.3 is 14.3 Å². The molecule has 4 nitrogen and oxygen atoms in total. The summed E-state index contributed by atoms with van der Waals surface area (Å²) in [6.45, 7) is 20.2. The van der Waals surface area contributed by atoms with Crippen LogP contribution in [-0.2, 0) is 14.0 Å². The van der Waals surface area contributed by atoms with E-state index in [1.54, 1.807) is 6.92 Å². The van der Waals surface area contributed by atoms with Crippen molar-refractivity contribution in [3.8, 4) is 0 Å². The number of aliphatic hydroxyl groups is 1. The second-order valence-electron chi connectivity index (χ2n) is 11.1. The van der Waals surface area contributed by atoms with Crippen LogP contribution in [0.4, 0.5) is 0 Å². The maximum absolute atomic E-state index is 11.9. The molecule has 28 heavy (non-hydrogen) atoms. The molecule has 0 aromatic carbocycles. The molecule has 3 unspecified atom stereocenters. The number of hydrogen-bond acceptors (Lipinski definition) is 4. The van der Waals surface area contributed by atoms with E-state index >= 15 is 0 Å². The monoisotopic (exact) mass is 412 g/mol. The Morgan fingerprint density at radius 1 is 1.25 bits per heavy atom. The van der Waals surface area contributed by atoms with Crippen LogP contribution in [0.5, 0.6) is 0 Å². The molecule has 0 radical (unpaired) electrons. The molecule has 1 aliphatic carbocycles. The summed E-state index contributed by atoms with van der Waals surface area (Å²) >= 11 is 0. The Kier molecular flexibility index (Phi) is 8.56. The van der Waals surface area contributed by atoms with E-state index in [9.17, 15) is 9.90 Å². The number of carbonyl (C=O) groups is 1. The molecule has 1 aliphatic rings. The predicted octanol–water partition coefficient (Wildman–Crippen LogP) is 5.85. The molecular formula is C23H44O4Si. The van der Waals surface area contributed by atoms with Crippen LogP contribution in [-0.4, -0.2) is 37.7 Å². The van der Waals surface area contributed by atoms with E-state index in [4.69, 9.17) is 9.16 Å². The summed E-state index contributed by atoms with van der Waals surface area (Å²) in [6.07, 6.45) is 7.80. The Hall–Kier alpha value is -0.653. The number of allylic oxidation sites excluding steroid dienone is 1. The number of esters is 1. The first-order valence-electron chi connectivity index (χ1n) is 10.8. The van der Waals surface area contributed by atoms with Crippen molar-refractivity contribution in [2.75, 3.05) is 6.61 Å². The van der Waals surface area contributed by atoms with Crippen LogP contribution in [0.1, 0.15) is 80.6 Å². The lowest BCUT2D eigenvalue weighted by Crippen LogP contribution is -2.46. The molecule has 3 atom stereocenters. The summed E-state index contributed by atoms with van der Waals surface area (Å²) in [6, 6.07) is 0. The minimum absolute atomic E-state index is 0.00191. The maximum Gasteiger partial charge on any atom is 0.308 e. The SMILES string of the molecule is CCOC(=O)CC1(O)CCCC(/C=C/C(O[Si](C)(C)C(C)(C)C)C(C)(C)C)C1. The molecule has 0 aromatic rings. The second kappa shape index (κ2) is 9.44. The van der Waals surface area contributed by atoms with Gasteiger partial charge in [0, 0.05) is 0 Å². The summed E-state index contributed by atoms with van der Waals surface area (Å²) in [5, 5.41) is 11.1. The minimum Gasteiger partial charge on any atom is -0.466 e. The zero-order valence-corrected chi connectivity index (χ0v) is 20.7. The fourth-order valence-corrected chi connectivity index (χ4v) is 4.87. The average Bonchev–Trinajstić information content (AvgIpc) is 2.48. The zero-order valence-electron chi connectivity index (χ0n) is 19.7. The molecule has 0 spiro atoms. The standard InChI is InChI=1S/C23H44O4Si/c1-10-26-20(24)17-23(25)15-11-12-18(16-23)13-14-19(21(2,3)4)27-28(8,9)22(5,6)7/h13-14,18-19,25H,10-12,15-17H2,1-9H3/b14-13+. The Morgan fingerprint density at radius 3 is 2.36 bits per heavy atom. The maximum atomic E-state index is 11.9. The summed E-state index contributed by atoms with van der Waals surface area (Å²) in [5.41, 5.74) is -0.945. The van der Waals surface area contributed by atoms with E-state index in [0.29, 0.717) is 19.4 Å². The van der Waals surface area contributed by atoms with E-state index in [1.165, 1.54) is 0 Å². The van der Waals surface area contributed by atoms with Crippen molar-refractivity contribution in [3.63, 3.8) is 0 Å². The Bertz CT molecular complexity index is 542. The smallest absolute Gasteiger partial charge is 0.308 e. The van der Waals surface area contributed by atoms with Crippen molar-refractivity contribution in [1.82, 2.24) is 0 Å². The quantitative estimate of drug-likeness (QED) is 0.323. The van der Waals surface area contributed by atoms with Crippen molar-refractivity contribution in [3.05, 3.63) is 12.2 Å². The van der Waals surface area contributed by atoms with Crippen molar-refractivity contribution < 1.29 is 19.1 Å². The Balaban J connectivity index is 2.87. The molecule has 0 amide bonds. The Morgan fingerprint density at radius 2 is 1.86 bits per heavy atom. The third kappa shape index (κ3) is 7.64. The van der Waals surface area contributed by atoms with Crippen molar-refractivity contribution >= 4 is 14.3 Å². The minimum atomic E-state index is -1.89. The summed E-state index contributed by atoms with van der Waals surface area (Å²) in [7, 11) is -1.89.